The third-order valence-corrected chi connectivity index (χ3v) is 16.0. The molecule has 354 valence electrons. The van der Waals surface area contributed by atoms with Crippen molar-refractivity contribution in [2.24, 2.45) is 13.0 Å². The van der Waals surface area contributed by atoms with Crippen molar-refractivity contribution >= 4 is 86.5 Å². The average molecular weight is 1000 g/mol. The monoisotopic (exact) mass is 1000 g/mol. The predicted octanol–water partition coefficient (Wildman–Crippen LogP) is 6.70. The van der Waals surface area contributed by atoms with Gasteiger partial charge in [-0.05, 0) is 115 Å². The summed E-state index contributed by atoms with van der Waals surface area (Å²) in [5, 5.41) is 14.4. The van der Waals surface area contributed by atoms with E-state index in [0.717, 1.165) is 97.0 Å². The van der Waals surface area contributed by atoms with E-state index in [1.807, 2.05) is 31.6 Å². The number of piperazine rings is 1. The number of hydrogen-bond acceptors (Lipinski definition) is 14. The van der Waals surface area contributed by atoms with Gasteiger partial charge in [0.05, 0.1) is 40.3 Å². The van der Waals surface area contributed by atoms with Crippen molar-refractivity contribution in [2.45, 2.75) is 50.5 Å². The molecule has 1 atom stereocenters. The molecule has 3 saturated heterocycles. The van der Waals surface area contributed by atoms with E-state index < -0.39 is 36.8 Å². The number of hydrogen-bond donors (Lipinski definition) is 3. The molecule has 0 radical (unpaired) electrons. The largest absolute Gasteiger partial charge is 0.494 e. The zero-order valence-electron chi connectivity index (χ0n) is 38.6. The SMILES string of the molecule is COc1cc(N2CCN(CC3CCN(c4ccc5c(c4)C(=O)N(C4CCC(=O)NC4=O)C5=O)CC3)CC2)c(-c2cnn(C)c2)cc1Nc1ncc(Br)c(Nc2ccc(C3CC3)cc2P(C)(C)=O)n1. The van der Waals surface area contributed by atoms with Gasteiger partial charge in [0.2, 0.25) is 17.8 Å². The summed E-state index contributed by atoms with van der Waals surface area (Å²) in [4.78, 5) is 68.7. The fourth-order valence-corrected chi connectivity index (χ4v) is 11.4. The maximum atomic E-state index is 13.5. The summed E-state index contributed by atoms with van der Waals surface area (Å²) in [7, 11) is 0.966. The quantitative estimate of drug-likeness (QED) is 0.0836. The van der Waals surface area contributed by atoms with Crippen molar-refractivity contribution < 1.29 is 28.5 Å². The first-order valence-corrected chi connectivity index (χ1v) is 26.6. The Balaban J connectivity index is 0.791. The molecule has 4 aliphatic heterocycles. The molecule has 1 aliphatic carbocycles. The number of aromatic nitrogens is 4. The summed E-state index contributed by atoms with van der Waals surface area (Å²) in [6.07, 6.45) is 10.1. The van der Waals surface area contributed by atoms with Gasteiger partial charge in [0.25, 0.3) is 11.8 Å². The van der Waals surface area contributed by atoms with Crippen LogP contribution in [0.15, 0.2) is 71.6 Å². The van der Waals surface area contributed by atoms with Crippen LogP contribution in [-0.2, 0) is 21.2 Å². The number of methoxy groups -OCH3 is 1. The van der Waals surface area contributed by atoms with Gasteiger partial charge in [-0.3, -0.25) is 39.0 Å². The molecule has 5 aliphatic rings. The number of benzene rings is 3. The first kappa shape index (κ1) is 45.7. The zero-order valence-corrected chi connectivity index (χ0v) is 41.1. The molecule has 3 aromatic carbocycles. The van der Waals surface area contributed by atoms with E-state index in [0.29, 0.717) is 50.6 Å². The molecule has 19 heteroatoms. The number of anilines is 6. The van der Waals surface area contributed by atoms with Crippen molar-refractivity contribution in [3.05, 3.63) is 88.3 Å². The van der Waals surface area contributed by atoms with Gasteiger partial charge >= 0.3 is 0 Å². The van der Waals surface area contributed by atoms with Gasteiger partial charge in [0.1, 0.15) is 24.8 Å². The minimum Gasteiger partial charge on any atom is -0.494 e. The third kappa shape index (κ3) is 9.25. The van der Waals surface area contributed by atoms with Crippen LogP contribution in [0.2, 0.25) is 0 Å². The van der Waals surface area contributed by atoms with Gasteiger partial charge in [0.15, 0.2) is 0 Å². The second-order valence-electron chi connectivity index (χ2n) is 18.9. The summed E-state index contributed by atoms with van der Waals surface area (Å²) in [5.41, 5.74) is 7.19. The highest BCUT2D eigenvalue weighted by Crippen LogP contribution is 2.45. The molecule has 3 N–H and O–H groups in total. The van der Waals surface area contributed by atoms with E-state index in [-0.39, 0.29) is 12.8 Å². The topological polar surface area (TPSA) is 187 Å². The standard InChI is InChI=1S/C49H55BrN11O6P/c1-57-28-32(25-52-57)35-23-39(54-49-51-26-37(50)45(56-49)53-38-10-7-31(30-5-6-30)21-43(38)68(3,4)66)42(67-2)24-41(35)60-19-17-58(18-20-60)27-29-13-15-59(16-14-29)33-8-9-34-36(22-33)48(65)61(47(34)64)40-11-12-44(62)55-46(40)63/h7-10,21-26,28-30,40H,5-6,11-20,27H2,1-4H3,(H,55,62,63)(H2,51,53,54,56). The highest BCUT2D eigenvalue weighted by molar-refractivity contribution is 9.10. The average Bonchev–Trinajstić information content (AvgIpc) is 4.04. The molecule has 17 nitrogen and oxygen atoms in total. The number of rotatable bonds is 13. The number of imide groups is 2. The number of nitrogens with zero attached hydrogens (tertiary/aromatic N) is 8. The number of carbonyl (C=O) groups is 4. The van der Waals surface area contributed by atoms with E-state index in [4.69, 9.17) is 9.72 Å². The third-order valence-electron chi connectivity index (χ3n) is 13.9. The Morgan fingerprint density at radius 3 is 2.28 bits per heavy atom. The van der Waals surface area contributed by atoms with E-state index >= 15 is 0 Å². The number of amides is 4. The van der Waals surface area contributed by atoms with E-state index in [1.165, 1.54) is 18.4 Å². The van der Waals surface area contributed by atoms with Crippen molar-refractivity contribution in [1.82, 2.24) is 34.9 Å². The summed E-state index contributed by atoms with van der Waals surface area (Å²) in [6, 6.07) is 14.7. The van der Waals surface area contributed by atoms with Crippen LogP contribution in [0.5, 0.6) is 5.75 Å². The van der Waals surface area contributed by atoms with E-state index in [1.54, 1.807) is 43.5 Å². The fraction of sp³-hybridized carbons (Fsp3) is 0.408. The fourth-order valence-electron chi connectivity index (χ4n) is 9.99. The maximum Gasteiger partial charge on any atom is 0.262 e. The first-order valence-electron chi connectivity index (χ1n) is 23.3. The van der Waals surface area contributed by atoms with Crippen LogP contribution in [0, 0.1) is 5.92 Å². The summed E-state index contributed by atoms with van der Waals surface area (Å²) in [6.45, 7) is 9.71. The van der Waals surface area contributed by atoms with Crippen LogP contribution < -0.4 is 35.8 Å². The Morgan fingerprint density at radius 1 is 0.824 bits per heavy atom. The van der Waals surface area contributed by atoms with Crippen LogP contribution >= 0.6 is 23.1 Å². The molecule has 2 aromatic heterocycles. The van der Waals surface area contributed by atoms with Gasteiger partial charge in [0, 0.05) is 106 Å². The molecule has 1 saturated carbocycles. The molecule has 68 heavy (non-hydrogen) atoms. The van der Waals surface area contributed by atoms with Gasteiger partial charge < -0.3 is 29.7 Å². The van der Waals surface area contributed by atoms with Crippen molar-refractivity contribution in [2.75, 3.05) is 86.7 Å². The summed E-state index contributed by atoms with van der Waals surface area (Å²) >= 11 is 3.63. The lowest BCUT2D eigenvalue weighted by atomic mass is 9.95. The van der Waals surface area contributed by atoms with Gasteiger partial charge in [-0.1, -0.05) is 6.07 Å². The van der Waals surface area contributed by atoms with Crippen molar-refractivity contribution in [3.8, 4) is 16.9 Å². The molecule has 0 spiro atoms. The Morgan fingerprint density at radius 2 is 1.59 bits per heavy atom. The number of halogens is 1. The molecule has 5 aromatic rings. The highest BCUT2D eigenvalue weighted by Gasteiger charge is 2.45. The van der Waals surface area contributed by atoms with Crippen LogP contribution in [0.3, 0.4) is 0 Å². The molecule has 6 heterocycles. The Hall–Kier alpha value is -6.10. The highest BCUT2D eigenvalue weighted by atomic mass is 79.9. The van der Waals surface area contributed by atoms with Gasteiger partial charge in [-0.15, -0.1) is 0 Å². The smallest absolute Gasteiger partial charge is 0.262 e. The van der Waals surface area contributed by atoms with Crippen LogP contribution in [-0.4, -0.2) is 125 Å². The normalized spacial score (nSPS) is 19.4. The number of ether oxygens (including phenoxy) is 1. The second-order valence-corrected chi connectivity index (χ2v) is 22.9. The summed E-state index contributed by atoms with van der Waals surface area (Å²) in [5.74, 6) is 0.625. The number of carbonyl (C=O) groups excluding carboxylic acids is 4. The molecule has 4 amide bonds. The number of nitrogens with one attached hydrogen (secondary N) is 3. The van der Waals surface area contributed by atoms with Crippen molar-refractivity contribution in [1.29, 1.82) is 0 Å². The zero-order chi connectivity index (χ0) is 47.4. The molecule has 10 rings (SSSR count). The maximum absolute atomic E-state index is 13.5. The Bertz CT molecular complexity index is 2880. The summed E-state index contributed by atoms with van der Waals surface area (Å²) < 4.78 is 22.0. The van der Waals surface area contributed by atoms with Crippen LogP contribution in [0.4, 0.5) is 34.5 Å². The molecule has 1 unspecified atom stereocenters. The molecular formula is C49H55BrN11O6P. The molecule has 4 fully saturated rings. The van der Waals surface area contributed by atoms with Crippen LogP contribution in [0.25, 0.3) is 11.1 Å². The first-order chi connectivity index (χ1) is 32.7. The molecular weight excluding hydrogens is 949 g/mol. The number of piperidine rings is 2. The van der Waals surface area contributed by atoms with E-state index in [2.05, 4.69) is 80.9 Å². The van der Waals surface area contributed by atoms with Gasteiger partial charge in [-0.2, -0.15) is 10.1 Å². The lowest BCUT2D eigenvalue weighted by Crippen LogP contribution is -2.54. The Kier molecular flexibility index (Phi) is 12.4. The second kappa shape index (κ2) is 18.4. The van der Waals surface area contributed by atoms with Crippen LogP contribution in [0.1, 0.15) is 70.7 Å². The number of fused-ring (bicyclic) bond motifs is 1. The minimum absolute atomic E-state index is 0.0862. The molecule has 0 bridgehead atoms. The predicted molar refractivity (Wildman–Crippen MR) is 266 cm³/mol. The lowest BCUT2D eigenvalue weighted by molar-refractivity contribution is -0.136. The number of aryl methyl sites for hydroxylation is 1. The Labute approximate surface area is 403 Å². The lowest BCUT2D eigenvalue weighted by Gasteiger charge is -2.40. The minimum atomic E-state index is -2.61. The van der Waals surface area contributed by atoms with E-state index in [9.17, 15) is 23.7 Å². The van der Waals surface area contributed by atoms with Gasteiger partial charge in [-0.25, -0.2) is 4.98 Å². The van der Waals surface area contributed by atoms with Crippen molar-refractivity contribution in [3.63, 3.8) is 0 Å².